The van der Waals surface area contributed by atoms with E-state index in [4.69, 9.17) is 0 Å². The molecule has 1 amide bonds. The van der Waals surface area contributed by atoms with Crippen molar-refractivity contribution in [2.24, 2.45) is 0 Å². The average molecular weight is 319 g/mol. The Kier molecular flexibility index (Phi) is 5.82. The molecule has 3 nitrogen and oxygen atoms in total. The number of carbonyl (C=O) groups excluding carboxylic acids is 1. The molecule has 2 rings (SSSR count). The van der Waals surface area contributed by atoms with E-state index in [0.717, 1.165) is 6.07 Å². The van der Waals surface area contributed by atoms with Crippen LogP contribution in [0.4, 0.5) is 8.78 Å². The van der Waals surface area contributed by atoms with Crippen molar-refractivity contribution in [1.29, 1.82) is 0 Å². The predicted molar refractivity (Wildman–Crippen MR) is 83.8 cm³/mol. The van der Waals surface area contributed by atoms with E-state index in [1.165, 1.54) is 12.1 Å². The maximum Gasteiger partial charge on any atom is 0.222 e. The van der Waals surface area contributed by atoms with Gasteiger partial charge in [-0.15, -0.1) is 0 Å². The lowest BCUT2D eigenvalue weighted by Crippen LogP contribution is -2.29. The van der Waals surface area contributed by atoms with Gasteiger partial charge in [0.15, 0.2) is 0 Å². The van der Waals surface area contributed by atoms with Gasteiger partial charge in [0, 0.05) is 18.5 Å². The van der Waals surface area contributed by atoms with Gasteiger partial charge in [-0.1, -0.05) is 43.3 Å². The largest absolute Gasteiger partial charge is 0.388 e. The first kappa shape index (κ1) is 17.1. The third-order valence-electron chi connectivity index (χ3n) is 3.66. The molecular formula is C18H19F2NO2. The Morgan fingerprint density at radius 1 is 1.17 bits per heavy atom. The summed E-state index contributed by atoms with van der Waals surface area (Å²) < 4.78 is 26.6. The number of hydrogen-bond donors (Lipinski definition) is 2. The molecule has 0 radical (unpaired) electrons. The summed E-state index contributed by atoms with van der Waals surface area (Å²) in [5.74, 6) is -1.88. The summed E-state index contributed by atoms with van der Waals surface area (Å²) in [5, 5.41) is 12.6. The second kappa shape index (κ2) is 7.83. The molecule has 2 atom stereocenters. The van der Waals surface area contributed by atoms with Crippen molar-refractivity contribution in [3.05, 3.63) is 71.3 Å². The molecule has 2 aromatic carbocycles. The number of benzene rings is 2. The molecule has 0 aliphatic heterocycles. The SMILES string of the molecule is CC(CNC(=O)CC(O)c1ccccc1)c1ccc(F)cc1F. The smallest absolute Gasteiger partial charge is 0.222 e. The lowest BCUT2D eigenvalue weighted by atomic mass is 10.00. The molecule has 0 fully saturated rings. The van der Waals surface area contributed by atoms with Crippen LogP contribution in [0.25, 0.3) is 0 Å². The molecule has 5 heteroatoms. The summed E-state index contributed by atoms with van der Waals surface area (Å²) in [6.07, 6.45) is -0.947. The monoisotopic (exact) mass is 319 g/mol. The lowest BCUT2D eigenvalue weighted by molar-refractivity contribution is -0.123. The van der Waals surface area contributed by atoms with Gasteiger partial charge in [0.2, 0.25) is 5.91 Å². The minimum Gasteiger partial charge on any atom is -0.388 e. The molecule has 0 aliphatic carbocycles. The predicted octanol–water partition coefficient (Wildman–Crippen LogP) is 3.31. The highest BCUT2D eigenvalue weighted by atomic mass is 19.1. The first-order valence-corrected chi connectivity index (χ1v) is 7.42. The van der Waals surface area contributed by atoms with Crippen molar-refractivity contribution in [1.82, 2.24) is 5.32 Å². The first-order chi connectivity index (χ1) is 11.0. The van der Waals surface area contributed by atoms with Gasteiger partial charge < -0.3 is 10.4 Å². The number of rotatable bonds is 6. The van der Waals surface area contributed by atoms with Gasteiger partial charge in [0.1, 0.15) is 11.6 Å². The van der Waals surface area contributed by atoms with E-state index in [1.807, 2.05) is 6.07 Å². The lowest BCUT2D eigenvalue weighted by Gasteiger charge is -2.15. The first-order valence-electron chi connectivity index (χ1n) is 7.42. The van der Waals surface area contributed by atoms with Crippen molar-refractivity contribution in [3.8, 4) is 0 Å². The van der Waals surface area contributed by atoms with Gasteiger partial charge in [0.25, 0.3) is 0 Å². The summed E-state index contributed by atoms with van der Waals surface area (Å²) in [6, 6.07) is 12.3. The molecule has 2 unspecified atom stereocenters. The van der Waals surface area contributed by atoms with Gasteiger partial charge in [0.05, 0.1) is 12.5 Å². The number of halogens is 2. The van der Waals surface area contributed by atoms with E-state index in [9.17, 15) is 18.7 Å². The maximum absolute atomic E-state index is 13.7. The second-order valence-corrected chi connectivity index (χ2v) is 5.50. The summed E-state index contributed by atoms with van der Waals surface area (Å²) in [4.78, 5) is 11.9. The highest BCUT2D eigenvalue weighted by Crippen LogP contribution is 2.20. The molecule has 0 aromatic heterocycles. The number of aliphatic hydroxyl groups excluding tert-OH is 1. The standard InChI is InChI=1S/C18H19F2NO2/c1-12(15-8-7-14(19)9-16(15)20)11-21-18(23)10-17(22)13-5-3-2-4-6-13/h2-9,12,17,22H,10-11H2,1H3,(H,21,23). The normalized spacial score (nSPS) is 13.4. The fourth-order valence-corrected chi connectivity index (χ4v) is 2.32. The summed E-state index contributed by atoms with van der Waals surface area (Å²) >= 11 is 0. The number of carbonyl (C=O) groups is 1. The molecule has 0 bridgehead atoms. The third-order valence-corrected chi connectivity index (χ3v) is 3.66. The highest BCUT2D eigenvalue weighted by Gasteiger charge is 2.15. The molecule has 23 heavy (non-hydrogen) atoms. The van der Waals surface area contributed by atoms with Crippen LogP contribution < -0.4 is 5.32 Å². The van der Waals surface area contributed by atoms with Crippen LogP contribution in [0, 0.1) is 11.6 Å². The van der Waals surface area contributed by atoms with Crippen LogP contribution in [0.5, 0.6) is 0 Å². The zero-order chi connectivity index (χ0) is 16.8. The van der Waals surface area contributed by atoms with Gasteiger partial charge in [-0.2, -0.15) is 0 Å². The fraction of sp³-hybridized carbons (Fsp3) is 0.278. The van der Waals surface area contributed by atoms with E-state index in [0.29, 0.717) is 11.1 Å². The van der Waals surface area contributed by atoms with Crippen molar-refractivity contribution in [2.75, 3.05) is 6.54 Å². The van der Waals surface area contributed by atoms with Crippen LogP contribution in [-0.2, 0) is 4.79 Å². The van der Waals surface area contributed by atoms with Gasteiger partial charge in [-0.3, -0.25) is 4.79 Å². The van der Waals surface area contributed by atoms with Crippen molar-refractivity contribution >= 4 is 5.91 Å². The summed E-state index contributed by atoms with van der Waals surface area (Å²) in [6.45, 7) is 1.95. The van der Waals surface area contributed by atoms with Crippen LogP contribution in [0.1, 0.15) is 36.5 Å². The number of hydrogen-bond acceptors (Lipinski definition) is 2. The molecule has 0 saturated heterocycles. The average Bonchev–Trinajstić information content (AvgIpc) is 2.53. The number of nitrogens with one attached hydrogen (secondary N) is 1. The zero-order valence-corrected chi connectivity index (χ0v) is 12.8. The van der Waals surface area contributed by atoms with E-state index in [2.05, 4.69) is 5.32 Å². The fourth-order valence-electron chi connectivity index (χ4n) is 2.32. The van der Waals surface area contributed by atoms with Crippen LogP contribution in [0.3, 0.4) is 0 Å². The highest BCUT2D eigenvalue weighted by molar-refractivity contribution is 5.76. The van der Waals surface area contributed by atoms with E-state index in [-0.39, 0.29) is 24.8 Å². The van der Waals surface area contributed by atoms with Gasteiger partial charge in [-0.25, -0.2) is 8.78 Å². The molecule has 2 aromatic rings. The molecule has 0 spiro atoms. The Labute approximate surface area is 134 Å². The molecule has 2 N–H and O–H groups in total. The third kappa shape index (κ3) is 4.86. The van der Waals surface area contributed by atoms with E-state index >= 15 is 0 Å². The molecular weight excluding hydrogens is 300 g/mol. The second-order valence-electron chi connectivity index (χ2n) is 5.50. The zero-order valence-electron chi connectivity index (χ0n) is 12.8. The van der Waals surface area contributed by atoms with Crippen molar-refractivity contribution < 1.29 is 18.7 Å². The van der Waals surface area contributed by atoms with Crippen LogP contribution in [0.15, 0.2) is 48.5 Å². The minimum absolute atomic E-state index is 0.0668. The number of amides is 1. The Hall–Kier alpha value is -2.27. The maximum atomic E-state index is 13.7. The van der Waals surface area contributed by atoms with Crippen LogP contribution >= 0.6 is 0 Å². The summed E-state index contributed by atoms with van der Waals surface area (Å²) in [5.41, 5.74) is 1.01. The number of aliphatic hydroxyl groups is 1. The Bertz CT molecular complexity index is 661. The molecule has 122 valence electrons. The van der Waals surface area contributed by atoms with Crippen LogP contribution in [-0.4, -0.2) is 17.6 Å². The van der Waals surface area contributed by atoms with Crippen LogP contribution in [0.2, 0.25) is 0 Å². The van der Waals surface area contributed by atoms with E-state index in [1.54, 1.807) is 31.2 Å². The Morgan fingerprint density at radius 2 is 1.87 bits per heavy atom. The van der Waals surface area contributed by atoms with Crippen molar-refractivity contribution in [3.63, 3.8) is 0 Å². The Morgan fingerprint density at radius 3 is 2.52 bits per heavy atom. The van der Waals surface area contributed by atoms with Gasteiger partial charge >= 0.3 is 0 Å². The summed E-state index contributed by atoms with van der Waals surface area (Å²) in [7, 11) is 0. The van der Waals surface area contributed by atoms with E-state index < -0.39 is 17.7 Å². The molecule has 0 saturated carbocycles. The van der Waals surface area contributed by atoms with Gasteiger partial charge in [-0.05, 0) is 17.2 Å². The molecule has 0 heterocycles. The molecule has 0 aliphatic rings. The minimum atomic E-state index is -0.880. The van der Waals surface area contributed by atoms with Crippen molar-refractivity contribution in [2.45, 2.75) is 25.4 Å². The Balaban J connectivity index is 1.86. The topological polar surface area (TPSA) is 49.3 Å². The quantitative estimate of drug-likeness (QED) is 0.858.